The normalized spacial score (nSPS) is 17.8. The third-order valence-electron chi connectivity index (χ3n) is 4.50. The Labute approximate surface area is 144 Å². The van der Waals surface area contributed by atoms with Gasteiger partial charge < -0.3 is 15.2 Å². The molecule has 1 aromatic carbocycles. The largest absolute Gasteiger partial charge is 0.361 e. The van der Waals surface area contributed by atoms with Crippen LogP contribution in [-0.2, 0) is 22.6 Å². The molecule has 0 bridgehead atoms. The standard InChI is InChI=1S/C19H18N4O2/c24-18-12-23(11-13-5-7-20-8-6-13)19(25)17(22-18)9-14-10-21-16-4-2-1-3-15(14)16/h1-8,10,17,21H,9,11-12H2,(H,22,24)/t17-/m0/s1. The van der Waals surface area contributed by atoms with Crippen LogP contribution in [0.15, 0.2) is 55.0 Å². The number of fused-ring (bicyclic) bond motifs is 1. The lowest BCUT2D eigenvalue weighted by Crippen LogP contribution is -2.58. The van der Waals surface area contributed by atoms with E-state index in [2.05, 4.69) is 15.3 Å². The Hall–Kier alpha value is -3.15. The Morgan fingerprint density at radius 3 is 2.76 bits per heavy atom. The number of hydrogen-bond donors (Lipinski definition) is 2. The predicted octanol–water partition coefficient (Wildman–Crippen LogP) is 1.63. The number of nitrogens with zero attached hydrogens (tertiary/aromatic N) is 2. The van der Waals surface area contributed by atoms with E-state index in [9.17, 15) is 9.59 Å². The van der Waals surface area contributed by atoms with E-state index >= 15 is 0 Å². The van der Waals surface area contributed by atoms with Crippen molar-refractivity contribution in [2.45, 2.75) is 19.0 Å². The van der Waals surface area contributed by atoms with Crippen molar-refractivity contribution in [1.82, 2.24) is 20.2 Å². The van der Waals surface area contributed by atoms with Gasteiger partial charge >= 0.3 is 0 Å². The van der Waals surface area contributed by atoms with E-state index < -0.39 is 6.04 Å². The highest BCUT2D eigenvalue weighted by molar-refractivity contribution is 5.95. The van der Waals surface area contributed by atoms with Gasteiger partial charge in [-0.15, -0.1) is 0 Å². The van der Waals surface area contributed by atoms with Crippen molar-refractivity contribution in [3.8, 4) is 0 Å². The second-order valence-corrected chi connectivity index (χ2v) is 6.23. The van der Waals surface area contributed by atoms with Crippen LogP contribution < -0.4 is 5.32 Å². The monoisotopic (exact) mass is 334 g/mol. The molecule has 2 N–H and O–H groups in total. The van der Waals surface area contributed by atoms with Crippen molar-refractivity contribution >= 4 is 22.7 Å². The second-order valence-electron chi connectivity index (χ2n) is 6.23. The number of hydrogen-bond acceptors (Lipinski definition) is 3. The van der Waals surface area contributed by atoms with Crippen molar-refractivity contribution in [2.24, 2.45) is 0 Å². The SMILES string of the molecule is O=C1CN(Cc2ccncc2)C(=O)[C@H](Cc2c[nH]c3ccccc23)N1. The highest BCUT2D eigenvalue weighted by Crippen LogP contribution is 2.20. The molecule has 4 rings (SSSR count). The fourth-order valence-corrected chi connectivity index (χ4v) is 3.27. The Morgan fingerprint density at radius 2 is 1.92 bits per heavy atom. The Balaban J connectivity index is 1.55. The third kappa shape index (κ3) is 3.10. The number of aromatic nitrogens is 2. The first-order chi connectivity index (χ1) is 12.2. The average molecular weight is 334 g/mol. The van der Waals surface area contributed by atoms with Gasteiger partial charge in [-0.2, -0.15) is 0 Å². The zero-order valence-electron chi connectivity index (χ0n) is 13.6. The molecule has 0 aliphatic carbocycles. The van der Waals surface area contributed by atoms with Crippen LogP contribution in [-0.4, -0.2) is 39.3 Å². The summed E-state index contributed by atoms with van der Waals surface area (Å²) in [7, 11) is 0. The molecule has 3 heterocycles. The maximum atomic E-state index is 12.8. The number of benzene rings is 1. The molecular weight excluding hydrogens is 316 g/mol. The molecule has 126 valence electrons. The second kappa shape index (κ2) is 6.39. The first kappa shape index (κ1) is 15.4. The van der Waals surface area contributed by atoms with Gasteiger partial charge in [0.05, 0.1) is 6.54 Å². The number of amides is 2. The Kier molecular flexibility index (Phi) is 3.93. The van der Waals surface area contributed by atoms with Crippen LogP contribution in [0.5, 0.6) is 0 Å². The number of aromatic amines is 1. The smallest absolute Gasteiger partial charge is 0.246 e. The lowest BCUT2D eigenvalue weighted by atomic mass is 10.0. The van der Waals surface area contributed by atoms with Gasteiger partial charge in [-0.05, 0) is 29.3 Å². The van der Waals surface area contributed by atoms with E-state index in [-0.39, 0.29) is 18.4 Å². The fraction of sp³-hybridized carbons (Fsp3) is 0.211. The van der Waals surface area contributed by atoms with Gasteiger partial charge in [0, 0.05) is 42.5 Å². The first-order valence-electron chi connectivity index (χ1n) is 8.23. The lowest BCUT2D eigenvalue weighted by molar-refractivity contribution is -0.144. The lowest BCUT2D eigenvalue weighted by Gasteiger charge is -2.32. The van der Waals surface area contributed by atoms with E-state index in [4.69, 9.17) is 0 Å². The zero-order valence-corrected chi connectivity index (χ0v) is 13.6. The number of piperazine rings is 1. The van der Waals surface area contributed by atoms with E-state index in [0.717, 1.165) is 22.0 Å². The minimum absolute atomic E-state index is 0.0540. The Bertz CT molecular complexity index is 919. The quantitative estimate of drug-likeness (QED) is 0.761. The molecule has 2 amide bonds. The molecule has 6 heteroatoms. The molecular formula is C19H18N4O2. The van der Waals surface area contributed by atoms with Crippen molar-refractivity contribution < 1.29 is 9.59 Å². The molecule has 6 nitrogen and oxygen atoms in total. The van der Waals surface area contributed by atoms with Gasteiger partial charge in [-0.1, -0.05) is 18.2 Å². The van der Waals surface area contributed by atoms with Crippen molar-refractivity contribution in [1.29, 1.82) is 0 Å². The highest BCUT2D eigenvalue weighted by atomic mass is 16.2. The molecule has 1 aliphatic heterocycles. The van der Waals surface area contributed by atoms with Gasteiger partial charge in [0.2, 0.25) is 11.8 Å². The third-order valence-corrected chi connectivity index (χ3v) is 4.50. The first-order valence-corrected chi connectivity index (χ1v) is 8.23. The summed E-state index contributed by atoms with van der Waals surface area (Å²) in [5, 5.41) is 3.91. The van der Waals surface area contributed by atoms with Gasteiger partial charge in [0.25, 0.3) is 0 Å². The number of carbonyl (C=O) groups excluding carboxylic acids is 2. The molecule has 0 saturated carbocycles. The van der Waals surface area contributed by atoms with E-state index in [0.29, 0.717) is 13.0 Å². The van der Waals surface area contributed by atoms with Crippen molar-refractivity contribution in [2.75, 3.05) is 6.54 Å². The Morgan fingerprint density at radius 1 is 1.12 bits per heavy atom. The van der Waals surface area contributed by atoms with Crippen molar-refractivity contribution in [3.05, 3.63) is 66.1 Å². The summed E-state index contributed by atoms with van der Waals surface area (Å²) in [6.45, 7) is 0.505. The average Bonchev–Trinajstić information content (AvgIpc) is 3.03. The number of nitrogens with one attached hydrogen (secondary N) is 2. The minimum Gasteiger partial charge on any atom is -0.361 e. The van der Waals surface area contributed by atoms with Crippen LogP contribution in [0.3, 0.4) is 0 Å². The molecule has 2 aromatic heterocycles. The topological polar surface area (TPSA) is 78.1 Å². The molecule has 1 saturated heterocycles. The summed E-state index contributed by atoms with van der Waals surface area (Å²) >= 11 is 0. The summed E-state index contributed by atoms with van der Waals surface area (Å²) in [6.07, 6.45) is 5.76. The van der Waals surface area contributed by atoms with Gasteiger partial charge in [0.15, 0.2) is 0 Å². The molecule has 1 fully saturated rings. The predicted molar refractivity (Wildman–Crippen MR) is 93.6 cm³/mol. The number of para-hydroxylation sites is 1. The minimum atomic E-state index is -0.540. The summed E-state index contributed by atoms with van der Waals surface area (Å²) in [5.41, 5.74) is 3.02. The van der Waals surface area contributed by atoms with Gasteiger partial charge in [-0.3, -0.25) is 14.6 Å². The summed E-state index contributed by atoms with van der Waals surface area (Å²) < 4.78 is 0. The van der Waals surface area contributed by atoms with Crippen molar-refractivity contribution in [3.63, 3.8) is 0 Å². The van der Waals surface area contributed by atoms with Gasteiger partial charge in [0.1, 0.15) is 6.04 Å². The molecule has 1 atom stereocenters. The van der Waals surface area contributed by atoms with Crippen LogP contribution in [0.4, 0.5) is 0 Å². The fourth-order valence-electron chi connectivity index (χ4n) is 3.27. The van der Waals surface area contributed by atoms with E-state index in [1.54, 1.807) is 17.3 Å². The van der Waals surface area contributed by atoms with Gasteiger partial charge in [-0.25, -0.2) is 0 Å². The maximum absolute atomic E-state index is 12.8. The molecule has 3 aromatic rings. The summed E-state index contributed by atoms with van der Waals surface area (Å²) in [4.78, 5) is 33.7. The van der Waals surface area contributed by atoms with Crippen LogP contribution in [0.2, 0.25) is 0 Å². The summed E-state index contributed by atoms with van der Waals surface area (Å²) in [6, 6.07) is 11.1. The van der Waals surface area contributed by atoms with Crippen LogP contribution in [0.1, 0.15) is 11.1 Å². The van der Waals surface area contributed by atoms with Crippen LogP contribution in [0, 0.1) is 0 Å². The van der Waals surface area contributed by atoms with Crippen LogP contribution in [0.25, 0.3) is 10.9 Å². The maximum Gasteiger partial charge on any atom is 0.246 e. The van der Waals surface area contributed by atoms with Crippen LogP contribution >= 0.6 is 0 Å². The number of rotatable bonds is 4. The number of pyridine rings is 1. The van der Waals surface area contributed by atoms with E-state index in [1.807, 2.05) is 42.6 Å². The zero-order chi connectivity index (χ0) is 17.2. The van der Waals surface area contributed by atoms with E-state index in [1.165, 1.54) is 0 Å². The molecule has 0 radical (unpaired) electrons. The molecule has 0 spiro atoms. The number of H-pyrrole nitrogens is 1. The molecule has 25 heavy (non-hydrogen) atoms. The molecule has 0 unspecified atom stereocenters. The number of carbonyl (C=O) groups is 2. The highest BCUT2D eigenvalue weighted by Gasteiger charge is 2.33. The molecule has 1 aliphatic rings. The summed E-state index contributed by atoms with van der Waals surface area (Å²) in [5.74, 6) is -0.180.